The number of aromatic amines is 1. The van der Waals surface area contributed by atoms with Crippen LogP contribution in [0.15, 0.2) is 60.3 Å². The highest BCUT2D eigenvalue weighted by Gasteiger charge is 2.30. The van der Waals surface area contributed by atoms with Gasteiger partial charge < -0.3 is 10.7 Å². The van der Waals surface area contributed by atoms with E-state index in [0.717, 1.165) is 34.5 Å². The maximum Gasteiger partial charge on any atom is 0.194 e. The molecule has 6 heteroatoms. The van der Waals surface area contributed by atoms with Crippen molar-refractivity contribution in [2.75, 3.05) is 5.73 Å². The van der Waals surface area contributed by atoms with Gasteiger partial charge in [0.15, 0.2) is 5.78 Å². The van der Waals surface area contributed by atoms with Crippen LogP contribution in [0.5, 0.6) is 0 Å². The Balaban J connectivity index is 1.48. The number of carbonyl (C=O) groups is 1. The molecule has 2 atom stereocenters. The van der Waals surface area contributed by atoms with Crippen molar-refractivity contribution in [1.82, 2.24) is 19.7 Å². The van der Waals surface area contributed by atoms with Crippen LogP contribution in [-0.2, 0) is 0 Å². The molecule has 0 saturated carbocycles. The normalized spacial score (nSPS) is 20.9. The van der Waals surface area contributed by atoms with Crippen molar-refractivity contribution in [2.24, 2.45) is 11.8 Å². The second-order valence-electron chi connectivity index (χ2n) is 7.12. The van der Waals surface area contributed by atoms with E-state index in [0.29, 0.717) is 23.2 Å². The first-order valence-electron chi connectivity index (χ1n) is 9.01. The molecule has 2 aliphatic rings. The number of benzene rings is 1. The van der Waals surface area contributed by atoms with Crippen LogP contribution >= 0.6 is 0 Å². The molecule has 0 saturated heterocycles. The SMILES string of the molecule is Cc1nc2ccc(-n3ncc(C(=O)C4=CC5C=CC=CC5C4)c3N)cc2[nH]1. The molecule has 0 amide bonds. The van der Waals surface area contributed by atoms with E-state index in [9.17, 15) is 4.79 Å². The van der Waals surface area contributed by atoms with Gasteiger partial charge in [0, 0.05) is 5.92 Å². The zero-order valence-electron chi connectivity index (χ0n) is 14.9. The van der Waals surface area contributed by atoms with Crippen molar-refractivity contribution in [2.45, 2.75) is 13.3 Å². The number of H-pyrrole nitrogens is 1. The largest absolute Gasteiger partial charge is 0.383 e. The predicted octanol–water partition coefficient (Wildman–Crippen LogP) is 3.51. The molecule has 3 N–H and O–H groups in total. The summed E-state index contributed by atoms with van der Waals surface area (Å²) in [7, 11) is 0. The van der Waals surface area contributed by atoms with E-state index in [-0.39, 0.29) is 5.78 Å². The van der Waals surface area contributed by atoms with E-state index in [1.807, 2.05) is 37.3 Å². The van der Waals surface area contributed by atoms with Gasteiger partial charge in [-0.25, -0.2) is 9.67 Å². The number of aryl methyl sites for hydroxylation is 1. The van der Waals surface area contributed by atoms with Crippen molar-refractivity contribution in [3.05, 3.63) is 71.7 Å². The fraction of sp³-hybridized carbons (Fsp3) is 0.190. The van der Waals surface area contributed by atoms with Gasteiger partial charge in [0.1, 0.15) is 11.6 Å². The number of anilines is 1. The number of Topliss-reactive ketones (excluding diaryl/α,β-unsaturated/α-hetero) is 1. The molecule has 0 spiro atoms. The average molecular weight is 357 g/mol. The van der Waals surface area contributed by atoms with Gasteiger partial charge >= 0.3 is 0 Å². The summed E-state index contributed by atoms with van der Waals surface area (Å²) in [6.45, 7) is 1.91. The van der Waals surface area contributed by atoms with E-state index in [4.69, 9.17) is 5.73 Å². The van der Waals surface area contributed by atoms with Crippen LogP contribution in [-0.4, -0.2) is 25.5 Å². The van der Waals surface area contributed by atoms with Gasteiger partial charge in [0.2, 0.25) is 0 Å². The molecular weight excluding hydrogens is 338 g/mol. The first kappa shape index (κ1) is 15.8. The van der Waals surface area contributed by atoms with Crippen molar-refractivity contribution >= 4 is 22.6 Å². The number of hydrogen-bond donors (Lipinski definition) is 2. The number of nitrogens with zero attached hydrogens (tertiary/aromatic N) is 3. The molecule has 6 nitrogen and oxygen atoms in total. The highest BCUT2D eigenvalue weighted by molar-refractivity contribution is 6.11. The Hall–Kier alpha value is -3.41. The first-order valence-corrected chi connectivity index (χ1v) is 9.01. The number of hydrogen-bond acceptors (Lipinski definition) is 4. The molecule has 0 aliphatic heterocycles. The molecule has 2 heterocycles. The number of nitrogens with two attached hydrogens (primary N) is 1. The van der Waals surface area contributed by atoms with Crippen molar-refractivity contribution < 1.29 is 4.79 Å². The number of fused-ring (bicyclic) bond motifs is 2. The minimum absolute atomic E-state index is 0.0339. The lowest BCUT2D eigenvalue weighted by atomic mass is 9.91. The van der Waals surface area contributed by atoms with E-state index >= 15 is 0 Å². The second kappa shape index (κ2) is 5.81. The van der Waals surface area contributed by atoms with Crippen LogP contribution in [0, 0.1) is 18.8 Å². The summed E-state index contributed by atoms with van der Waals surface area (Å²) >= 11 is 0. The van der Waals surface area contributed by atoms with Gasteiger partial charge in [-0.2, -0.15) is 5.10 Å². The minimum Gasteiger partial charge on any atom is -0.383 e. The van der Waals surface area contributed by atoms with Crippen LogP contribution in [0.1, 0.15) is 22.6 Å². The lowest BCUT2D eigenvalue weighted by Crippen LogP contribution is -2.08. The third-order valence-electron chi connectivity index (χ3n) is 5.32. The summed E-state index contributed by atoms with van der Waals surface area (Å²) in [6.07, 6.45) is 12.7. The predicted molar refractivity (Wildman–Crippen MR) is 105 cm³/mol. The van der Waals surface area contributed by atoms with E-state index in [1.54, 1.807) is 10.9 Å². The maximum atomic E-state index is 13.0. The molecule has 2 unspecified atom stereocenters. The number of ketones is 1. The minimum atomic E-state index is -0.0339. The summed E-state index contributed by atoms with van der Waals surface area (Å²) in [4.78, 5) is 20.6. The van der Waals surface area contributed by atoms with Crippen LogP contribution in [0.25, 0.3) is 16.7 Å². The van der Waals surface area contributed by atoms with Gasteiger partial charge in [-0.3, -0.25) is 4.79 Å². The molecule has 0 radical (unpaired) electrons. The lowest BCUT2D eigenvalue weighted by Gasteiger charge is -2.13. The molecule has 2 aromatic heterocycles. The molecule has 27 heavy (non-hydrogen) atoms. The molecule has 1 aromatic carbocycles. The van der Waals surface area contributed by atoms with Gasteiger partial charge in [0.05, 0.1) is 28.5 Å². The Bertz CT molecular complexity index is 1160. The lowest BCUT2D eigenvalue weighted by molar-refractivity contribution is 0.103. The van der Waals surface area contributed by atoms with Gasteiger partial charge in [-0.15, -0.1) is 0 Å². The third-order valence-corrected chi connectivity index (χ3v) is 5.32. The number of aromatic nitrogens is 4. The molecule has 2 aliphatic carbocycles. The van der Waals surface area contributed by atoms with Gasteiger partial charge in [-0.1, -0.05) is 30.4 Å². The molecule has 5 rings (SSSR count). The van der Waals surface area contributed by atoms with E-state index in [1.165, 1.54) is 0 Å². The fourth-order valence-electron chi connectivity index (χ4n) is 3.94. The van der Waals surface area contributed by atoms with E-state index < -0.39 is 0 Å². The highest BCUT2D eigenvalue weighted by atomic mass is 16.1. The number of allylic oxidation sites excluding steroid dienone is 6. The Morgan fingerprint density at radius 3 is 3.00 bits per heavy atom. The van der Waals surface area contributed by atoms with Crippen LogP contribution < -0.4 is 5.73 Å². The fourth-order valence-corrected chi connectivity index (χ4v) is 3.94. The Kier molecular flexibility index (Phi) is 3.40. The van der Waals surface area contributed by atoms with Crippen molar-refractivity contribution in [3.63, 3.8) is 0 Å². The Morgan fingerprint density at radius 1 is 1.30 bits per heavy atom. The first-order chi connectivity index (χ1) is 13.1. The number of nitrogen functional groups attached to an aromatic ring is 1. The number of rotatable bonds is 3. The monoisotopic (exact) mass is 357 g/mol. The summed E-state index contributed by atoms with van der Waals surface area (Å²) in [5, 5.41) is 4.36. The highest BCUT2D eigenvalue weighted by Crippen LogP contribution is 2.36. The van der Waals surface area contributed by atoms with Crippen LogP contribution in [0.2, 0.25) is 0 Å². The third kappa shape index (κ3) is 2.52. The van der Waals surface area contributed by atoms with Gasteiger partial charge in [0.25, 0.3) is 0 Å². The quantitative estimate of drug-likeness (QED) is 0.702. The Morgan fingerprint density at radius 2 is 2.15 bits per heavy atom. The van der Waals surface area contributed by atoms with Crippen molar-refractivity contribution in [3.8, 4) is 5.69 Å². The molecule has 134 valence electrons. The summed E-state index contributed by atoms with van der Waals surface area (Å²) in [5.74, 6) is 1.85. The summed E-state index contributed by atoms with van der Waals surface area (Å²) in [5.41, 5.74) is 10.2. The van der Waals surface area contributed by atoms with Crippen LogP contribution in [0.3, 0.4) is 0 Å². The average Bonchev–Trinajstić information content (AvgIpc) is 3.35. The maximum absolute atomic E-state index is 13.0. The zero-order valence-corrected chi connectivity index (χ0v) is 14.9. The molecule has 0 fully saturated rings. The van der Waals surface area contributed by atoms with Crippen LogP contribution in [0.4, 0.5) is 5.82 Å². The molecule has 0 bridgehead atoms. The number of imidazole rings is 1. The smallest absolute Gasteiger partial charge is 0.194 e. The topological polar surface area (TPSA) is 89.6 Å². The number of carbonyl (C=O) groups excluding carboxylic acids is 1. The van der Waals surface area contributed by atoms with E-state index in [2.05, 4.69) is 33.3 Å². The Labute approximate surface area is 156 Å². The second-order valence-corrected chi connectivity index (χ2v) is 7.12. The summed E-state index contributed by atoms with van der Waals surface area (Å²) < 4.78 is 1.60. The number of nitrogens with one attached hydrogen (secondary N) is 1. The standard InChI is InChI=1S/C21H19N5O/c1-12-24-18-7-6-16(10-19(18)25-12)26-21(22)17(11-23-26)20(27)15-8-13-4-2-3-5-14(13)9-15/h2-8,10-11,13-14H,9,22H2,1H3,(H,24,25). The summed E-state index contributed by atoms with van der Waals surface area (Å²) in [6, 6.07) is 5.75. The van der Waals surface area contributed by atoms with Gasteiger partial charge in [-0.05, 0) is 43.0 Å². The molecular formula is C21H19N5O. The zero-order chi connectivity index (χ0) is 18.5. The van der Waals surface area contributed by atoms with Crippen molar-refractivity contribution in [1.29, 1.82) is 0 Å². The molecule has 3 aromatic rings.